The van der Waals surface area contributed by atoms with Crippen molar-refractivity contribution in [1.82, 2.24) is 19.6 Å². The number of rotatable bonds is 2. The first-order chi connectivity index (χ1) is 12.8. The molecular weight excluding hydrogens is 332 g/mol. The van der Waals surface area contributed by atoms with E-state index in [0.29, 0.717) is 12.1 Å². The SMILES string of the molecule is O=C(N1CCC(N2CCOCC2)CC1)N1CCC(N2CCOCC2)CC1. The number of nitrogens with zero attached hydrogens (tertiary/aromatic N) is 4. The van der Waals surface area contributed by atoms with Gasteiger partial charge in [0, 0.05) is 64.4 Å². The predicted octanol–water partition coefficient (Wildman–Crippen LogP) is 0.700. The van der Waals surface area contributed by atoms with E-state index >= 15 is 0 Å². The zero-order chi connectivity index (χ0) is 17.8. The lowest BCUT2D eigenvalue weighted by molar-refractivity contribution is -0.00256. The quantitative estimate of drug-likeness (QED) is 0.720. The number of ether oxygens (including phenoxy) is 2. The van der Waals surface area contributed by atoms with Gasteiger partial charge in [0.15, 0.2) is 0 Å². The van der Waals surface area contributed by atoms with Gasteiger partial charge in [-0.15, -0.1) is 0 Å². The highest BCUT2D eigenvalue weighted by Crippen LogP contribution is 2.22. The van der Waals surface area contributed by atoms with Crippen LogP contribution in [0.1, 0.15) is 25.7 Å². The number of urea groups is 1. The van der Waals surface area contributed by atoms with Gasteiger partial charge < -0.3 is 19.3 Å². The summed E-state index contributed by atoms with van der Waals surface area (Å²) in [6.07, 6.45) is 4.43. The highest BCUT2D eigenvalue weighted by molar-refractivity contribution is 5.74. The summed E-state index contributed by atoms with van der Waals surface area (Å²) in [5.41, 5.74) is 0. The first kappa shape index (κ1) is 18.5. The molecule has 4 fully saturated rings. The van der Waals surface area contributed by atoms with Gasteiger partial charge in [-0.05, 0) is 25.7 Å². The number of hydrogen-bond acceptors (Lipinski definition) is 5. The summed E-state index contributed by atoms with van der Waals surface area (Å²) < 4.78 is 10.9. The molecular formula is C19H34N4O3. The van der Waals surface area contributed by atoms with Crippen molar-refractivity contribution in [2.45, 2.75) is 37.8 Å². The van der Waals surface area contributed by atoms with E-state index in [0.717, 1.165) is 104 Å². The van der Waals surface area contributed by atoms with E-state index in [-0.39, 0.29) is 6.03 Å². The highest BCUT2D eigenvalue weighted by Gasteiger charge is 2.32. The van der Waals surface area contributed by atoms with Gasteiger partial charge in [0.2, 0.25) is 0 Å². The Labute approximate surface area is 157 Å². The van der Waals surface area contributed by atoms with Gasteiger partial charge in [-0.25, -0.2) is 4.79 Å². The maximum absolute atomic E-state index is 12.9. The molecule has 0 atom stereocenters. The second-order valence-electron chi connectivity index (χ2n) is 8.02. The van der Waals surface area contributed by atoms with E-state index < -0.39 is 0 Å². The van der Waals surface area contributed by atoms with Crippen molar-refractivity contribution in [3.05, 3.63) is 0 Å². The number of carbonyl (C=O) groups is 1. The third kappa shape index (κ3) is 4.32. The molecule has 0 unspecified atom stereocenters. The van der Waals surface area contributed by atoms with Crippen LogP contribution in [0.4, 0.5) is 4.79 Å². The Kier molecular flexibility index (Phi) is 6.30. The van der Waals surface area contributed by atoms with Crippen LogP contribution in [0, 0.1) is 0 Å². The standard InChI is InChI=1S/C19H34N4O3/c24-19(22-5-1-17(2-6-22)20-9-13-25-14-10-20)23-7-3-18(4-8-23)21-11-15-26-16-12-21/h17-18H,1-16H2. The summed E-state index contributed by atoms with van der Waals surface area (Å²) in [6, 6.07) is 1.54. The fourth-order valence-corrected chi connectivity index (χ4v) is 4.93. The molecule has 4 aliphatic heterocycles. The van der Waals surface area contributed by atoms with Crippen LogP contribution in [-0.4, -0.2) is 117 Å². The topological polar surface area (TPSA) is 48.5 Å². The molecule has 0 aliphatic carbocycles. The number of morpholine rings is 2. The van der Waals surface area contributed by atoms with Gasteiger partial charge in [0.25, 0.3) is 0 Å². The average Bonchev–Trinajstić information content (AvgIpc) is 2.75. The van der Waals surface area contributed by atoms with Crippen molar-refractivity contribution < 1.29 is 14.3 Å². The molecule has 0 bridgehead atoms. The van der Waals surface area contributed by atoms with Crippen LogP contribution >= 0.6 is 0 Å². The van der Waals surface area contributed by atoms with E-state index in [4.69, 9.17) is 9.47 Å². The molecule has 4 saturated heterocycles. The van der Waals surface area contributed by atoms with Gasteiger partial charge >= 0.3 is 6.03 Å². The molecule has 7 nitrogen and oxygen atoms in total. The van der Waals surface area contributed by atoms with Crippen molar-refractivity contribution in [3.63, 3.8) is 0 Å². The normalized spacial score (nSPS) is 28.5. The van der Waals surface area contributed by atoms with Gasteiger partial charge in [-0.3, -0.25) is 9.80 Å². The summed E-state index contributed by atoms with van der Waals surface area (Å²) in [7, 11) is 0. The van der Waals surface area contributed by atoms with Crippen LogP contribution in [0.25, 0.3) is 0 Å². The van der Waals surface area contributed by atoms with Gasteiger partial charge in [-0.1, -0.05) is 0 Å². The van der Waals surface area contributed by atoms with Gasteiger partial charge in [0.1, 0.15) is 0 Å². The van der Waals surface area contributed by atoms with E-state index in [1.54, 1.807) is 0 Å². The number of amides is 2. The maximum atomic E-state index is 12.9. The molecule has 26 heavy (non-hydrogen) atoms. The van der Waals surface area contributed by atoms with Crippen LogP contribution in [0.2, 0.25) is 0 Å². The van der Waals surface area contributed by atoms with Crippen LogP contribution in [0.15, 0.2) is 0 Å². The number of hydrogen-bond donors (Lipinski definition) is 0. The molecule has 4 rings (SSSR count). The van der Waals surface area contributed by atoms with Gasteiger partial charge in [-0.2, -0.15) is 0 Å². The smallest absolute Gasteiger partial charge is 0.320 e. The Morgan fingerprint density at radius 2 is 0.923 bits per heavy atom. The van der Waals surface area contributed by atoms with Crippen molar-refractivity contribution in [3.8, 4) is 0 Å². The zero-order valence-electron chi connectivity index (χ0n) is 16.0. The molecule has 0 spiro atoms. The molecule has 0 aromatic rings. The minimum absolute atomic E-state index is 0.269. The summed E-state index contributed by atoms with van der Waals surface area (Å²) in [5, 5.41) is 0. The molecule has 0 saturated carbocycles. The van der Waals surface area contributed by atoms with E-state index in [1.807, 2.05) is 0 Å². The van der Waals surface area contributed by atoms with Crippen molar-refractivity contribution >= 4 is 6.03 Å². The molecule has 0 aromatic carbocycles. The minimum atomic E-state index is 0.269. The van der Waals surface area contributed by atoms with Crippen molar-refractivity contribution in [2.75, 3.05) is 78.8 Å². The lowest BCUT2D eigenvalue weighted by Gasteiger charge is -2.43. The Balaban J connectivity index is 1.20. The fraction of sp³-hybridized carbons (Fsp3) is 0.947. The monoisotopic (exact) mass is 366 g/mol. The van der Waals surface area contributed by atoms with Crippen LogP contribution in [-0.2, 0) is 9.47 Å². The Morgan fingerprint density at radius 1 is 0.577 bits per heavy atom. The summed E-state index contributed by atoms with van der Waals surface area (Å²) >= 11 is 0. The van der Waals surface area contributed by atoms with Crippen LogP contribution in [0.5, 0.6) is 0 Å². The van der Waals surface area contributed by atoms with Crippen molar-refractivity contribution in [1.29, 1.82) is 0 Å². The van der Waals surface area contributed by atoms with E-state index in [2.05, 4.69) is 19.6 Å². The molecule has 2 amide bonds. The molecule has 7 heteroatoms. The van der Waals surface area contributed by atoms with E-state index in [9.17, 15) is 4.79 Å². The molecule has 148 valence electrons. The first-order valence-corrected chi connectivity index (χ1v) is 10.5. The highest BCUT2D eigenvalue weighted by atomic mass is 16.5. The van der Waals surface area contributed by atoms with Crippen LogP contribution in [0.3, 0.4) is 0 Å². The summed E-state index contributed by atoms with van der Waals surface area (Å²) in [5.74, 6) is 0. The zero-order valence-corrected chi connectivity index (χ0v) is 16.0. The molecule has 4 aliphatic rings. The lowest BCUT2D eigenvalue weighted by atomic mass is 10.0. The largest absolute Gasteiger partial charge is 0.379 e. The molecule has 0 aromatic heterocycles. The number of piperidine rings is 2. The molecule has 4 heterocycles. The Morgan fingerprint density at radius 3 is 1.27 bits per heavy atom. The summed E-state index contributed by atoms with van der Waals surface area (Å²) in [6.45, 7) is 11.3. The third-order valence-electron chi connectivity index (χ3n) is 6.59. The molecule has 0 radical (unpaired) electrons. The fourth-order valence-electron chi connectivity index (χ4n) is 4.93. The molecule has 0 N–H and O–H groups in total. The lowest BCUT2D eigenvalue weighted by Crippen LogP contribution is -2.55. The second-order valence-corrected chi connectivity index (χ2v) is 8.02. The number of likely N-dealkylation sites (tertiary alicyclic amines) is 2. The predicted molar refractivity (Wildman–Crippen MR) is 99.4 cm³/mol. The second kappa shape index (κ2) is 8.87. The Hall–Kier alpha value is -0.890. The van der Waals surface area contributed by atoms with E-state index in [1.165, 1.54) is 0 Å². The first-order valence-electron chi connectivity index (χ1n) is 10.5. The van der Waals surface area contributed by atoms with Crippen LogP contribution < -0.4 is 0 Å². The maximum Gasteiger partial charge on any atom is 0.320 e. The van der Waals surface area contributed by atoms with Crippen molar-refractivity contribution in [2.24, 2.45) is 0 Å². The Bertz CT molecular complexity index is 410. The summed E-state index contributed by atoms with van der Waals surface area (Å²) in [4.78, 5) is 22.2. The average molecular weight is 367 g/mol. The minimum Gasteiger partial charge on any atom is -0.379 e. The third-order valence-corrected chi connectivity index (χ3v) is 6.59. The number of carbonyl (C=O) groups excluding carboxylic acids is 1. The van der Waals surface area contributed by atoms with Gasteiger partial charge in [0.05, 0.1) is 26.4 Å².